The third kappa shape index (κ3) is 2.65. The van der Waals surface area contributed by atoms with Crippen molar-refractivity contribution in [1.29, 1.82) is 0 Å². The summed E-state index contributed by atoms with van der Waals surface area (Å²) in [5.74, 6) is 2.09. The number of aromatic nitrogens is 2. The molecule has 0 atom stereocenters. The van der Waals surface area contributed by atoms with Crippen LogP contribution in [-0.2, 0) is 13.1 Å². The molecule has 0 radical (unpaired) electrons. The van der Waals surface area contributed by atoms with Crippen molar-refractivity contribution in [3.8, 4) is 17.2 Å². The number of hydrogen-bond donors (Lipinski definition) is 1. The fourth-order valence-corrected chi connectivity index (χ4v) is 2.05. The summed E-state index contributed by atoms with van der Waals surface area (Å²) in [6.07, 6.45) is 1.66. The molecule has 0 fully saturated rings. The van der Waals surface area contributed by atoms with Crippen molar-refractivity contribution in [2.45, 2.75) is 13.1 Å². The van der Waals surface area contributed by atoms with Crippen LogP contribution in [0.4, 0.5) is 0 Å². The Labute approximate surface area is 116 Å². The maximum atomic E-state index is 5.39. The summed E-state index contributed by atoms with van der Waals surface area (Å²) in [5.41, 5.74) is 1.97. The first-order valence-electron chi connectivity index (χ1n) is 6.30. The maximum absolute atomic E-state index is 5.39. The second-order valence-corrected chi connectivity index (χ2v) is 4.35. The summed E-state index contributed by atoms with van der Waals surface area (Å²) in [7, 11) is 1.62. The highest BCUT2D eigenvalue weighted by molar-refractivity contribution is 5.55. The van der Waals surface area contributed by atoms with E-state index in [0.29, 0.717) is 24.6 Å². The molecule has 104 valence electrons. The van der Waals surface area contributed by atoms with E-state index in [1.165, 1.54) is 0 Å². The van der Waals surface area contributed by atoms with Crippen LogP contribution in [0.1, 0.15) is 11.3 Å². The van der Waals surface area contributed by atoms with Gasteiger partial charge in [-0.05, 0) is 29.8 Å². The van der Waals surface area contributed by atoms with Crippen LogP contribution >= 0.6 is 0 Å². The lowest BCUT2D eigenvalue weighted by atomic mass is 10.2. The van der Waals surface area contributed by atoms with Gasteiger partial charge in [-0.1, -0.05) is 0 Å². The highest BCUT2D eigenvalue weighted by atomic mass is 16.7. The van der Waals surface area contributed by atoms with Crippen LogP contribution in [0.25, 0.3) is 0 Å². The van der Waals surface area contributed by atoms with E-state index in [0.717, 1.165) is 17.0 Å². The quantitative estimate of drug-likeness (QED) is 0.890. The van der Waals surface area contributed by atoms with Crippen molar-refractivity contribution in [1.82, 2.24) is 15.5 Å². The molecule has 0 amide bonds. The average molecular weight is 273 g/mol. The van der Waals surface area contributed by atoms with E-state index in [4.69, 9.17) is 14.2 Å². The van der Waals surface area contributed by atoms with Gasteiger partial charge in [-0.3, -0.25) is 0 Å². The Morgan fingerprint density at radius 3 is 3.05 bits per heavy atom. The second kappa shape index (κ2) is 5.75. The predicted octanol–water partition coefficient (Wildman–Crippen LogP) is 1.50. The van der Waals surface area contributed by atoms with Crippen LogP contribution in [0.2, 0.25) is 0 Å². The number of fused-ring (bicyclic) bond motifs is 1. The van der Waals surface area contributed by atoms with Crippen LogP contribution in [0, 0.1) is 0 Å². The molecule has 1 aromatic heterocycles. The predicted molar refractivity (Wildman–Crippen MR) is 71.7 cm³/mol. The minimum Gasteiger partial charge on any atom is -0.493 e. The molecular weight excluding hydrogens is 258 g/mol. The molecule has 2 aromatic rings. The van der Waals surface area contributed by atoms with Gasteiger partial charge in [0.15, 0.2) is 11.5 Å². The molecule has 0 spiro atoms. The lowest BCUT2D eigenvalue weighted by Crippen LogP contribution is -2.14. The second-order valence-electron chi connectivity index (χ2n) is 4.35. The first-order valence-corrected chi connectivity index (χ1v) is 6.30. The lowest BCUT2D eigenvalue weighted by molar-refractivity contribution is 0.171. The molecule has 0 unspecified atom stereocenters. The maximum Gasteiger partial charge on any atom is 0.231 e. The third-order valence-electron chi connectivity index (χ3n) is 2.98. The first-order chi connectivity index (χ1) is 9.86. The third-order valence-corrected chi connectivity index (χ3v) is 2.98. The molecule has 2 heterocycles. The lowest BCUT2D eigenvalue weighted by Gasteiger charge is -2.09. The van der Waals surface area contributed by atoms with Crippen molar-refractivity contribution in [2.24, 2.45) is 0 Å². The minimum atomic E-state index is 0.238. The molecule has 3 rings (SSSR count). The van der Waals surface area contributed by atoms with Gasteiger partial charge in [0.2, 0.25) is 12.5 Å². The largest absolute Gasteiger partial charge is 0.493 e. The molecule has 6 nitrogen and oxygen atoms in total. The van der Waals surface area contributed by atoms with Crippen LogP contribution in [0.5, 0.6) is 17.2 Å². The zero-order valence-electron chi connectivity index (χ0n) is 11.1. The molecular formula is C14H15N3O3. The highest BCUT2D eigenvalue weighted by Crippen LogP contribution is 2.41. The number of ether oxygens (including phenoxy) is 3. The van der Waals surface area contributed by atoms with E-state index in [1.807, 2.05) is 24.3 Å². The number of nitrogens with one attached hydrogen (secondary N) is 1. The van der Waals surface area contributed by atoms with Gasteiger partial charge in [-0.15, -0.1) is 0 Å². The molecule has 1 N–H and O–H groups in total. The van der Waals surface area contributed by atoms with Gasteiger partial charge < -0.3 is 19.5 Å². The van der Waals surface area contributed by atoms with Crippen LogP contribution in [0.3, 0.4) is 0 Å². The van der Waals surface area contributed by atoms with Crippen LogP contribution < -0.4 is 19.5 Å². The van der Waals surface area contributed by atoms with Crippen LogP contribution in [-0.4, -0.2) is 24.1 Å². The SMILES string of the molecule is COc1cc(CNCc2cccnn2)cc2c1OCO2. The van der Waals surface area contributed by atoms with Gasteiger partial charge in [0.05, 0.1) is 12.8 Å². The Bertz CT molecular complexity index is 590. The van der Waals surface area contributed by atoms with E-state index >= 15 is 0 Å². The normalized spacial score (nSPS) is 12.4. The Morgan fingerprint density at radius 1 is 1.30 bits per heavy atom. The number of nitrogens with zero attached hydrogens (tertiary/aromatic N) is 2. The summed E-state index contributed by atoms with van der Waals surface area (Å²) < 4.78 is 16.1. The Kier molecular flexibility index (Phi) is 3.64. The summed E-state index contributed by atoms with van der Waals surface area (Å²) in [6.45, 7) is 1.58. The number of rotatable bonds is 5. The molecule has 0 saturated carbocycles. The van der Waals surface area contributed by atoms with Gasteiger partial charge in [0, 0.05) is 19.3 Å². The summed E-state index contributed by atoms with van der Waals surface area (Å²) in [4.78, 5) is 0. The smallest absolute Gasteiger partial charge is 0.231 e. The Morgan fingerprint density at radius 2 is 2.25 bits per heavy atom. The van der Waals surface area contributed by atoms with Crippen molar-refractivity contribution in [3.63, 3.8) is 0 Å². The number of benzene rings is 1. The Balaban J connectivity index is 1.66. The molecule has 20 heavy (non-hydrogen) atoms. The highest BCUT2D eigenvalue weighted by Gasteiger charge is 2.19. The van der Waals surface area contributed by atoms with Crippen molar-refractivity contribution in [2.75, 3.05) is 13.9 Å². The van der Waals surface area contributed by atoms with Gasteiger partial charge in [0.25, 0.3) is 0 Å². The van der Waals surface area contributed by atoms with E-state index in [2.05, 4.69) is 15.5 Å². The first kappa shape index (κ1) is 12.7. The Hall–Kier alpha value is -2.34. The molecule has 6 heteroatoms. The minimum absolute atomic E-state index is 0.238. The van der Waals surface area contributed by atoms with Gasteiger partial charge in [0.1, 0.15) is 0 Å². The van der Waals surface area contributed by atoms with Crippen molar-refractivity contribution < 1.29 is 14.2 Å². The summed E-state index contributed by atoms with van der Waals surface area (Å²) >= 11 is 0. The fourth-order valence-electron chi connectivity index (χ4n) is 2.05. The molecule has 1 aromatic carbocycles. The standard InChI is InChI=1S/C14H15N3O3/c1-18-12-5-10(6-13-14(12)20-9-19-13)7-15-8-11-3-2-4-16-17-11/h2-6,15H,7-9H2,1H3. The zero-order valence-corrected chi connectivity index (χ0v) is 11.1. The van der Waals surface area contributed by atoms with Gasteiger partial charge >= 0.3 is 0 Å². The van der Waals surface area contributed by atoms with E-state index in [-0.39, 0.29) is 6.79 Å². The number of methoxy groups -OCH3 is 1. The fraction of sp³-hybridized carbons (Fsp3) is 0.286. The monoisotopic (exact) mass is 273 g/mol. The average Bonchev–Trinajstić information content (AvgIpc) is 2.96. The molecule has 0 saturated heterocycles. The van der Waals surface area contributed by atoms with E-state index < -0.39 is 0 Å². The molecule has 1 aliphatic rings. The molecule has 1 aliphatic heterocycles. The summed E-state index contributed by atoms with van der Waals surface area (Å²) in [5, 5.41) is 11.2. The van der Waals surface area contributed by atoms with E-state index in [1.54, 1.807) is 13.3 Å². The zero-order chi connectivity index (χ0) is 13.8. The van der Waals surface area contributed by atoms with Gasteiger partial charge in [-0.2, -0.15) is 10.2 Å². The molecule has 0 aliphatic carbocycles. The van der Waals surface area contributed by atoms with Crippen molar-refractivity contribution >= 4 is 0 Å². The van der Waals surface area contributed by atoms with Crippen LogP contribution in [0.15, 0.2) is 30.5 Å². The van der Waals surface area contributed by atoms with Crippen molar-refractivity contribution in [3.05, 3.63) is 41.7 Å². The molecule has 0 bridgehead atoms. The summed E-state index contributed by atoms with van der Waals surface area (Å²) in [6, 6.07) is 7.69. The number of hydrogen-bond acceptors (Lipinski definition) is 6. The van der Waals surface area contributed by atoms with Gasteiger partial charge in [-0.25, -0.2) is 0 Å². The topological polar surface area (TPSA) is 65.5 Å². The van der Waals surface area contributed by atoms with E-state index in [9.17, 15) is 0 Å².